The van der Waals surface area contributed by atoms with E-state index < -0.39 is 41.9 Å². The third-order valence-electron chi connectivity index (χ3n) is 7.07. The molecule has 0 spiro atoms. The minimum absolute atomic E-state index is 0.108. The van der Waals surface area contributed by atoms with E-state index in [-0.39, 0.29) is 37.2 Å². The predicted molar refractivity (Wildman–Crippen MR) is 167 cm³/mol. The summed E-state index contributed by atoms with van der Waals surface area (Å²) in [6.07, 6.45) is 1.30. The number of nitrogens with one attached hydrogen (secondary N) is 3. The van der Waals surface area contributed by atoms with E-state index in [4.69, 9.17) is 15.1 Å². The van der Waals surface area contributed by atoms with Crippen molar-refractivity contribution in [3.63, 3.8) is 0 Å². The van der Waals surface area contributed by atoms with Crippen LogP contribution in [0.25, 0.3) is 0 Å². The molecule has 2 atom stereocenters. The van der Waals surface area contributed by atoms with Gasteiger partial charge in [-0.05, 0) is 67.6 Å². The van der Waals surface area contributed by atoms with Crippen LogP contribution >= 0.6 is 0 Å². The second-order valence-corrected chi connectivity index (χ2v) is 11.1. The van der Waals surface area contributed by atoms with Gasteiger partial charge in [0, 0.05) is 18.7 Å². The number of hydrogen-bond donors (Lipinski definition) is 4. The first-order chi connectivity index (χ1) is 22.4. The van der Waals surface area contributed by atoms with E-state index >= 15 is 0 Å². The molecule has 0 aromatic heterocycles. The minimum Gasteiger partial charge on any atom is -0.451 e. The second-order valence-electron chi connectivity index (χ2n) is 11.1. The number of hydrogen-bond acceptors (Lipinski definition) is 9. The molecule has 0 fully saturated rings. The number of unbranched alkanes of at least 4 members (excludes halogenated alkanes) is 2. The Morgan fingerprint density at radius 3 is 2.21 bits per heavy atom. The monoisotopic (exact) mass is 647 g/mol. The van der Waals surface area contributed by atoms with Crippen LogP contribution in [-0.4, -0.2) is 64.3 Å². The van der Waals surface area contributed by atoms with E-state index in [0.717, 1.165) is 11.0 Å². The van der Waals surface area contributed by atoms with Gasteiger partial charge in [0.15, 0.2) is 5.76 Å². The van der Waals surface area contributed by atoms with Crippen molar-refractivity contribution in [3.05, 3.63) is 71.5 Å². The first-order valence-corrected chi connectivity index (χ1v) is 15.0. The molecule has 4 N–H and O–H groups in total. The molecule has 248 valence electrons. The van der Waals surface area contributed by atoms with Gasteiger partial charge in [0.25, 0.3) is 11.8 Å². The molecule has 0 saturated carbocycles. The van der Waals surface area contributed by atoms with Crippen LogP contribution < -0.4 is 20.7 Å². The van der Waals surface area contributed by atoms with Gasteiger partial charge in [-0.1, -0.05) is 32.4 Å². The first-order valence-electron chi connectivity index (χ1n) is 15.0. The lowest BCUT2D eigenvalue weighted by atomic mass is 10.0. The SMILES string of the molecule is CC(NC(=O)C(NC(=O)CCCCCN1C(=O)C=C(Oc2ccc(C#N)cc2)C1=O)C(C)C)C(=O)Nc1ccc(COC(=O)O)cc1. The summed E-state index contributed by atoms with van der Waals surface area (Å²) in [5.41, 5.74) is 1.47. The highest BCUT2D eigenvalue weighted by atomic mass is 16.7. The van der Waals surface area contributed by atoms with Gasteiger partial charge < -0.3 is 30.5 Å². The Morgan fingerprint density at radius 1 is 0.915 bits per heavy atom. The van der Waals surface area contributed by atoms with Crippen LogP contribution in [0.2, 0.25) is 0 Å². The Bertz CT molecular complexity index is 1550. The van der Waals surface area contributed by atoms with Crippen LogP contribution in [0.1, 0.15) is 57.6 Å². The largest absolute Gasteiger partial charge is 0.506 e. The van der Waals surface area contributed by atoms with Crippen molar-refractivity contribution in [2.24, 2.45) is 5.92 Å². The summed E-state index contributed by atoms with van der Waals surface area (Å²) in [5, 5.41) is 25.5. The van der Waals surface area contributed by atoms with Crippen molar-refractivity contribution in [3.8, 4) is 11.8 Å². The average molecular weight is 648 g/mol. The zero-order chi connectivity index (χ0) is 34.5. The molecule has 0 bridgehead atoms. The summed E-state index contributed by atoms with van der Waals surface area (Å²) in [5.74, 6) is -2.47. The molecule has 1 aliphatic heterocycles. The molecule has 1 heterocycles. The number of nitrogens with zero attached hydrogens (tertiary/aromatic N) is 2. The van der Waals surface area contributed by atoms with Crippen molar-refractivity contribution in [1.29, 1.82) is 5.26 Å². The number of anilines is 1. The highest BCUT2D eigenvalue weighted by molar-refractivity contribution is 6.15. The van der Waals surface area contributed by atoms with E-state index in [1.54, 1.807) is 38.1 Å². The van der Waals surface area contributed by atoms with Crippen LogP contribution in [-0.2, 0) is 35.3 Å². The zero-order valence-corrected chi connectivity index (χ0v) is 26.3. The van der Waals surface area contributed by atoms with Gasteiger partial charge >= 0.3 is 6.16 Å². The first kappa shape index (κ1) is 35.8. The number of imide groups is 1. The molecule has 5 amide bonds. The van der Waals surface area contributed by atoms with E-state index in [0.29, 0.717) is 41.8 Å². The highest BCUT2D eigenvalue weighted by Gasteiger charge is 2.32. The van der Waals surface area contributed by atoms with Gasteiger partial charge in [-0.2, -0.15) is 5.26 Å². The normalized spacial score (nSPS) is 13.7. The van der Waals surface area contributed by atoms with Crippen LogP contribution in [0.4, 0.5) is 10.5 Å². The standard InChI is InChI=1S/C33H37N5O9/c1-20(2)29(31(42)35-21(3)30(41)36-24-12-8-23(9-13-24)19-46-33(44)45)37-27(39)7-5-4-6-16-38-28(40)17-26(32(38)43)47-25-14-10-22(18-34)11-15-25/h8-15,17,20-21,29H,4-7,16,19H2,1-3H3,(H,35,42)(H,36,41)(H,37,39)(H,44,45). The fourth-order valence-electron chi connectivity index (χ4n) is 4.46. The summed E-state index contributed by atoms with van der Waals surface area (Å²) < 4.78 is 10.0. The van der Waals surface area contributed by atoms with Gasteiger partial charge in [-0.15, -0.1) is 0 Å². The fourth-order valence-corrected chi connectivity index (χ4v) is 4.46. The number of nitriles is 1. The Morgan fingerprint density at radius 2 is 1.60 bits per heavy atom. The molecule has 14 heteroatoms. The predicted octanol–water partition coefficient (Wildman–Crippen LogP) is 3.23. The average Bonchev–Trinajstić information content (AvgIpc) is 3.30. The number of benzene rings is 2. The van der Waals surface area contributed by atoms with Crippen molar-refractivity contribution in [2.75, 3.05) is 11.9 Å². The number of ether oxygens (including phenoxy) is 2. The van der Waals surface area contributed by atoms with Crippen molar-refractivity contribution in [1.82, 2.24) is 15.5 Å². The van der Waals surface area contributed by atoms with Gasteiger partial charge in [0.1, 0.15) is 24.4 Å². The quantitative estimate of drug-likeness (QED) is 0.119. The van der Waals surface area contributed by atoms with Crippen LogP contribution in [0, 0.1) is 17.2 Å². The molecule has 2 aromatic rings. The molecule has 2 unspecified atom stereocenters. The lowest BCUT2D eigenvalue weighted by molar-refractivity contribution is -0.138. The molecule has 0 radical (unpaired) electrons. The lowest BCUT2D eigenvalue weighted by Crippen LogP contribution is -2.53. The summed E-state index contributed by atoms with van der Waals surface area (Å²) in [6.45, 7) is 5.06. The molecular weight excluding hydrogens is 610 g/mol. The highest BCUT2D eigenvalue weighted by Crippen LogP contribution is 2.21. The lowest BCUT2D eigenvalue weighted by Gasteiger charge is -2.24. The Labute approximate surface area is 271 Å². The van der Waals surface area contributed by atoms with Gasteiger partial charge in [-0.25, -0.2) is 4.79 Å². The summed E-state index contributed by atoms with van der Waals surface area (Å²) in [6, 6.07) is 12.7. The maximum Gasteiger partial charge on any atom is 0.506 e. The molecule has 47 heavy (non-hydrogen) atoms. The maximum absolute atomic E-state index is 12.9. The summed E-state index contributed by atoms with van der Waals surface area (Å²) in [4.78, 5) is 74.8. The molecule has 0 saturated heterocycles. The number of amides is 5. The number of carbonyl (C=O) groups is 6. The van der Waals surface area contributed by atoms with E-state index in [2.05, 4.69) is 20.7 Å². The van der Waals surface area contributed by atoms with Crippen molar-refractivity contribution in [2.45, 2.75) is 65.1 Å². The van der Waals surface area contributed by atoms with Crippen LogP contribution in [0.5, 0.6) is 5.75 Å². The zero-order valence-electron chi connectivity index (χ0n) is 26.3. The van der Waals surface area contributed by atoms with Crippen LogP contribution in [0.15, 0.2) is 60.4 Å². The third-order valence-corrected chi connectivity index (χ3v) is 7.07. The summed E-state index contributed by atoms with van der Waals surface area (Å²) >= 11 is 0. The topological polar surface area (TPSA) is 204 Å². The van der Waals surface area contributed by atoms with Gasteiger partial charge in [-0.3, -0.25) is 28.9 Å². The minimum atomic E-state index is -1.39. The Balaban J connectivity index is 1.38. The maximum atomic E-state index is 12.9. The van der Waals surface area contributed by atoms with Crippen LogP contribution in [0.3, 0.4) is 0 Å². The molecule has 14 nitrogen and oxygen atoms in total. The van der Waals surface area contributed by atoms with Crippen molar-refractivity contribution < 1.29 is 43.3 Å². The fraction of sp³-hybridized carbons (Fsp3) is 0.364. The summed E-state index contributed by atoms with van der Waals surface area (Å²) in [7, 11) is 0. The van der Waals surface area contributed by atoms with E-state index in [1.807, 2.05) is 6.07 Å². The van der Waals surface area contributed by atoms with E-state index in [9.17, 15) is 28.8 Å². The smallest absolute Gasteiger partial charge is 0.451 e. The molecule has 2 aromatic carbocycles. The van der Waals surface area contributed by atoms with Gasteiger partial charge in [0.2, 0.25) is 17.7 Å². The second kappa shape index (κ2) is 17.1. The molecule has 3 rings (SSSR count). The van der Waals surface area contributed by atoms with Crippen molar-refractivity contribution >= 4 is 41.4 Å². The Kier molecular flexibility index (Phi) is 13.0. The number of rotatable bonds is 16. The van der Waals surface area contributed by atoms with E-state index in [1.165, 1.54) is 31.2 Å². The third kappa shape index (κ3) is 11.0. The molecule has 1 aliphatic rings. The number of carbonyl (C=O) groups excluding carboxylic acids is 5. The molecular formula is C33H37N5O9. The molecule has 0 aliphatic carbocycles. The number of carboxylic acid groups (broad SMARTS) is 1. The Hall–Kier alpha value is -5.71. The van der Waals surface area contributed by atoms with Gasteiger partial charge in [0.05, 0.1) is 17.7 Å².